The smallest absolute Gasteiger partial charge is 0.272 e. The van der Waals surface area contributed by atoms with Crippen molar-refractivity contribution in [3.05, 3.63) is 75.7 Å². The van der Waals surface area contributed by atoms with E-state index in [1.165, 1.54) is 6.07 Å². The van der Waals surface area contributed by atoms with Crippen molar-refractivity contribution in [1.82, 2.24) is 30.6 Å². The molecule has 5 fully saturated rings. The first-order valence-corrected chi connectivity index (χ1v) is 20.7. The van der Waals surface area contributed by atoms with E-state index in [1.54, 1.807) is 24.3 Å². The van der Waals surface area contributed by atoms with Crippen LogP contribution in [0.3, 0.4) is 0 Å². The molecule has 0 spiro atoms. The number of piperidine rings is 2. The lowest BCUT2D eigenvalue weighted by molar-refractivity contribution is -0.136. The van der Waals surface area contributed by atoms with Crippen molar-refractivity contribution in [2.24, 2.45) is 11.8 Å². The first-order chi connectivity index (χ1) is 28.5. The molecule has 306 valence electrons. The van der Waals surface area contributed by atoms with Gasteiger partial charge in [-0.15, -0.1) is 10.2 Å². The van der Waals surface area contributed by atoms with Gasteiger partial charge in [-0.25, -0.2) is 4.39 Å². The summed E-state index contributed by atoms with van der Waals surface area (Å²) < 4.78 is 21.6. The zero-order valence-electron chi connectivity index (χ0n) is 32.2. The fourth-order valence-electron chi connectivity index (χ4n) is 9.76. The molecule has 5 aliphatic heterocycles. The standard InChI is InChI=1S/C42H43ClFN9O6/c43-32-15-29(4-1-23(32)18-45)59-28-5-2-26(3-6-28)46-39(55)34-7-9-37(49-48-34)50-13-11-27(12-14-50)51-19-24-21-52(22-25(24)20-51)36-17-31-30(16-33(36)44)41(57)53(42(31)58)35-8-10-38(54)47-40(35)56/h1,4,7,9,15-17,24-28,35H,2-3,5-6,8,10-14,19-22H2,(H,46,55)(H,47,54,56)/t24?,25?,26-,28-,35?. The number of nitrogens with one attached hydrogen (secondary N) is 2. The zero-order chi connectivity index (χ0) is 40.9. The Morgan fingerprint density at radius 1 is 0.864 bits per heavy atom. The Morgan fingerprint density at radius 2 is 1.58 bits per heavy atom. The van der Waals surface area contributed by atoms with Gasteiger partial charge < -0.3 is 19.9 Å². The van der Waals surface area contributed by atoms with Gasteiger partial charge in [-0.2, -0.15) is 5.26 Å². The van der Waals surface area contributed by atoms with E-state index in [4.69, 9.17) is 21.6 Å². The van der Waals surface area contributed by atoms with Gasteiger partial charge in [0.2, 0.25) is 11.8 Å². The number of amides is 5. The van der Waals surface area contributed by atoms with Crippen molar-refractivity contribution in [3.63, 3.8) is 0 Å². The van der Waals surface area contributed by atoms with Crippen LogP contribution in [0, 0.1) is 29.0 Å². The molecule has 6 aliphatic rings. The van der Waals surface area contributed by atoms with Crippen LogP contribution >= 0.6 is 11.6 Å². The van der Waals surface area contributed by atoms with E-state index in [1.807, 2.05) is 17.0 Å². The largest absolute Gasteiger partial charge is 0.490 e. The number of halogens is 2. The van der Waals surface area contributed by atoms with Gasteiger partial charge in [0.25, 0.3) is 17.7 Å². The minimum absolute atomic E-state index is 0.00552. The van der Waals surface area contributed by atoms with Crippen molar-refractivity contribution in [1.29, 1.82) is 5.26 Å². The van der Waals surface area contributed by atoms with Crippen molar-refractivity contribution >= 4 is 52.6 Å². The highest BCUT2D eigenvalue weighted by Crippen LogP contribution is 2.39. The Labute approximate surface area is 344 Å². The molecule has 0 radical (unpaired) electrons. The number of hydrogen-bond donors (Lipinski definition) is 2. The molecule has 3 atom stereocenters. The molecule has 5 amide bonds. The molecular weight excluding hydrogens is 781 g/mol. The summed E-state index contributed by atoms with van der Waals surface area (Å²) in [5.74, 6) is -1.30. The van der Waals surface area contributed by atoms with Gasteiger partial charge in [0.15, 0.2) is 11.5 Å². The maximum atomic E-state index is 15.6. The van der Waals surface area contributed by atoms with Gasteiger partial charge in [0.05, 0.1) is 33.5 Å². The number of likely N-dealkylation sites (tertiary alicyclic amines) is 1. The van der Waals surface area contributed by atoms with E-state index < -0.39 is 35.5 Å². The van der Waals surface area contributed by atoms with Crippen molar-refractivity contribution in [2.45, 2.75) is 75.6 Å². The number of nitriles is 1. The lowest BCUT2D eigenvalue weighted by atomic mass is 9.93. The fraction of sp³-hybridized carbons (Fsp3) is 0.476. The number of aromatic nitrogens is 2. The molecule has 6 heterocycles. The van der Waals surface area contributed by atoms with E-state index in [-0.39, 0.29) is 53.4 Å². The molecule has 1 saturated carbocycles. The molecule has 3 unspecified atom stereocenters. The van der Waals surface area contributed by atoms with E-state index in [2.05, 4.69) is 30.6 Å². The predicted molar refractivity (Wildman–Crippen MR) is 211 cm³/mol. The van der Waals surface area contributed by atoms with Crippen LogP contribution in [0.15, 0.2) is 42.5 Å². The van der Waals surface area contributed by atoms with E-state index >= 15 is 4.39 Å². The first kappa shape index (κ1) is 38.8. The number of carbonyl (C=O) groups excluding carboxylic acids is 5. The highest BCUT2D eigenvalue weighted by atomic mass is 35.5. The molecule has 17 heteroatoms. The second kappa shape index (κ2) is 15.8. The summed E-state index contributed by atoms with van der Waals surface area (Å²) in [6.07, 6.45) is 5.06. The van der Waals surface area contributed by atoms with Crippen molar-refractivity contribution in [3.8, 4) is 11.8 Å². The predicted octanol–water partition coefficient (Wildman–Crippen LogP) is 3.70. The number of rotatable bonds is 8. The average molecular weight is 824 g/mol. The molecule has 1 aromatic heterocycles. The topological polar surface area (TPSA) is 181 Å². The van der Waals surface area contributed by atoms with Crippen LogP contribution in [-0.2, 0) is 9.59 Å². The first-order valence-electron chi connectivity index (χ1n) is 20.3. The van der Waals surface area contributed by atoms with Crippen LogP contribution in [0.4, 0.5) is 15.9 Å². The van der Waals surface area contributed by atoms with E-state index in [9.17, 15) is 24.0 Å². The molecule has 3 aromatic rings. The highest BCUT2D eigenvalue weighted by molar-refractivity contribution is 6.31. The Bertz CT molecular complexity index is 2240. The van der Waals surface area contributed by atoms with Crippen LogP contribution in [0.25, 0.3) is 0 Å². The molecule has 2 N–H and O–H groups in total. The summed E-state index contributed by atoms with van der Waals surface area (Å²) in [5, 5.41) is 23.4. The molecule has 4 saturated heterocycles. The Balaban J connectivity index is 0.727. The highest BCUT2D eigenvalue weighted by Gasteiger charge is 2.47. The lowest BCUT2D eigenvalue weighted by Crippen LogP contribution is -2.54. The number of imide groups is 2. The normalized spacial score (nSPS) is 26.1. The van der Waals surface area contributed by atoms with Crippen molar-refractivity contribution < 1.29 is 33.1 Å². The SMILES string of the molecule is N#Cc1ccc(O[C@H]2CC[C@H](NC(=O)c3ccc(N4CCC(N5CC6CN(c7cc8c(cc7F)C(=O)N(C7CCC(=O)NC7=O)C8=O)CC6C5)CC4)nn3)CC2)cc1Cl. The summed E-state index contributed by atoms with van der Waals surface area (Å²) in [6.45, 7) is 4.68. The Morgan fingerprint density at radius 3 is 2.22 bits per heavy atom. The minimum Gasteiger partial charge on any atom is -0.490 e. The molecular formula is C42H43ClFN9O6. The second-order valence-electron chi connectivity index (χ2n) is 16.5. The van der Waals surface area contributed by atoms with Gasteiger partial charge in [-0.05, 0) is 93.2 Å². The third kappa shape index (κ3) is 7.57. The molecule has 2 aromatic carbocycles. The summed E-state index contributed by atoms with van der Waals surface area (Å²) in [7, 11) is 0. The Kier molecular flexibility index (Phi) is 10.4. The molecule has 9 rings (SSSR count). The van der Waals surface area contributed by atoms with Crippen LogP contribution in [0.1, 0.15) is 88.1 Å². The number of anilines is 2. The van der Waals surface area contributed by atoms with E-state index in [0.29, 0.717) is 47.3 Å². The monoisotopic (exact) mass is 823 g/mol. The summed E-state index contributed by atoms with van der Waals surface area (Å²) in [5.41, 5.74) is 0.995. The number of hydrogen-bond acceptors (Lipinski definition) is 12. The maximum absolute atomic E-state index is 15.6. The molecule has 59 heavy (non-hydrogen) atoms. The van der Waals surface area contributed by atoms with Crippen LogP contribution in [0.5, 0.6) is 5.75 Å². The number of nitrogens with zero attached hydrogens (tertiary/aromatic N) is 7. The number of ether oxygens (including phenoxy) is 1. The fourth-order valence-corrected chi connectivity index (χ4v) is 9.97. The summed E-state index contributed by atoms with van der Waals surface area (Å²) >= 11 is 6.14. The van der Waals surface area contributed by atoms with Crippen LogP contribution < -0.4 is 25.2 Å². The summed E-state index contributed by atoms with van der Waals surface area (Å²) in [6, 6.07) is 12.6. The number of carbonyl (C=O) groups is 5. The third-order valence-electron chi connectivity index (χ3n) is 12.9. The number of fused-ring (bicyclic) bond motifs is 2. The van der Waals surface area contributed by atoms with Gasteiger partial charge in [0.1, 0.15) is 23.7 Å². The minimum atomic E-state index is -1.10. The van der Waals surface area contributed by atoms with Gasteiger partial charge in [0, 0.05) is 63.8 Å². The van der Waals surface area contributed by atoms with E-state index in [0.717, 1.165) is 81.5 Å². The molecule has 0 bridgehead atoms. The second-order valence-corrected chi connectivity index (χ2v) is 16.9. The zero-order valence-corrected chi connectivity index (χ0v) is 33.0. The Hall–Kier alpha value is -5.66. The van der Waals surface area contributed by atoms with Crippen LogP contribution in [0.2, 0.25) is 5.02 Å². The van der Waals surface area contributed by atoms with Crippen LogP contribution in [-0.4, -0.2) is 113 Å². The third-order valence-corrected chi connectivity index (χ3v) is 13.2. The van der Waals surface area contributed by atoms with Gasteiger partial charge >= 0.3 is 0 Å². The summed E-state index contributed by atoms with van der Waals surface area (Å²) in [4.78, 5) is 71.2. The van der Waals surface area contributed by atoms with Gasteiger partial charge in [-0.3, -0.25) is 39.1 Å². The molecule has 1 aliphatic carbocycles. The maximum Gasteiger partial charge on any atom is 0.272 e. The van der Waals surface area contributed by atoms with Gasteiger partial charge in [-0.1, -0.05) is 11.6 Å². The van der Waals surface area contributed by atoms with Crippen molar-refractivity contribution in [2.75, 3.05) is 49.1 Å². The average Bonchev–Trinajstić information content (AvgIpc) is 3.89. The quantitative estimate of drug-likeness (QED) is 0.315. The lowest BCUT2D eigenvalue weighted by Gasteiger charge is -2.37. The number of benzene rings is 2. The molecule has 15 nitrogen and oxygen atoms in total.